The van der Waals surface area contributed by atoms with Gasteiger partial charge in [0.05, 0.1) is 0 Å². The molecule has 66 valence electrons. The van der Waals surface area contributed by atoms with Crippen molar-refractivity contribution in [2.45, 2.75) is 46.5 Å². The van der Waals surface area contributed by atoms with Gasteiger partial charge in [-0.05, 0) is 18.3 Å². The Kier molecular flexibility index (Phi) is 6.19. The molecule has 0 radical (unpaired) electrons. The van der Waals surface area contributed by atoms with E-state index in [1.54, 1.807) is 0 Å². The molecular weight excluding hydrogens is 136 g/mol. The summed E-state index contributed by atoms with van der Waals surface area (Å²) < 4.78 is 0. The number of rotatable bonds is 6. The smallest absolute Gasteiger partial charge is 0.120 e. The minimum Gasteiger partial charge on any atom is -0.303 e. The average Bonchev–Trinajstić information content (AvgIpc) is 2.01. The molecule has 0 aromatic heterocycles. The van der Waals surface area contributed by atoms with Crippen LogP contribution in [0.25, 0.3) is 0 Å². The maximum absolute atomic E-state index is 10.2. The van der Waals surface area contributed by atoms with Crippen LogP contribution in [0.15, 0.2) is 0 Å². The number of hydrogen-bond donors (Lipinski definition) is 0. The molecule has 0 aliphatic carbocycles. The van der Waals surface area contributed by atoms with E-state index in [0.29, 0.717) is 5.92 Å². The first kappa shape index (κ1) is 10.7. The van der Waals surface area contributed by atoms with Gasteiger partial charge in [0.2, 0.25) is 0 Å². The van der Waals surface area contributed by atoms with Gasteiger partial charge in [0.25, 0.3) is 0 Å². The summed E-state index contributed by atoms with van der Waals surface area (Å²) in [6.45, 7) is 6.61. The van der Waals surface area contributed by atoms with E-state index in [0.717, 1.165) is 18.6 Å². The van der Waals surface area contributed by atoms with Crippen molar-refractivity contribution in [1.82, 2.24) is 0 Å². The van der Waals surface area contributed by atoms with Crippen molar-refractivity contribution < 1.29 is 4.79 Å². The van der Waals surface area contributed by atoms with E-state index in [2.05, 4.69) is 20.8 Å². The van der Waals surface area contributed by atoms with Crippen molar-refractivity contribution in [1.29, 1.82) is 0 Å². The standard InChI is InChI=1S/C10H20O/c1-4-10(5-2)8-9(3)6-7-11/h7,9-10H,4-6,8H2,1-3H3. The fourth-order valence-electron chi connectivity index (χ4n) is 1.45. The van der Waals surface area contributed by atoms with Crippen LogP contribution >= 0.6 is 0 Å². The normalized spacial score (nSPS) is 13.5. The SMILES string of the molecule is CCC(CC)CC(C)CC=O. The lowest BCUT2D eigenvalue weighted by Gasteiger charge is -2.15. The molecule has 0 aromatic rings. The van der Waals surface area contributed by atoms with E-state index in [1.807, 2.05) is 0 Å². The highest BCUT2D eigenvalue weighted by Crippen LogP contribution is 2.19. The van der Waals surface area contributed by atoms with Crippen molar-refractivity contribution in [2.75, 3.05) is 0 Å². The molecule has 0 bridgehead atoms. The van der Waals surface area contributed by atoms with Crippen LogP contribution in [0.1, 0.15) is 46.5 Å². The Morgan fingerprint density at radius 1 is 1.27 bits per heavy atom. The highest BCUT2D eigenvalue weighted by molar-refractivity contribution is 5.49. The molecule has 1 heteroatoms. The molecule has 0 aliphatic heterocycles. The van der Waals surface area contributed by atoms with E-state index in [9.17, 15) is 4.79 Å². The van der Waals surface area contributed by atoms with Crippen LogP contribution in [0.5, 0.6) is 0 Å². The summed E-state index contributed by atoms with van der Waals surface area (Å²) in [7, 11) is 0. The summed E-state index contributed by atoms with van der Waals surface area (Å²) >= 11 is 0. The second-order valence-corrected chi connectivity index (χ2v) is 3.43. The molecule has 0 aromatic carbocycles. The van der Waals surface area contributed by atoms with Gasteiger partial charge in [0, 0.05) is 6.42 Å². The monoisotopic (exact) mass is 156 g/mol. The van der Waals surface area contributed by atoms with Crippen molar-refractivity contribution in [3.8, 4) is 0 Å². The third kappa shape index (κ3) is 5.00. The van der Waals surface area contributed by atoms with E-state index < -0.39 is 0 Å². The molecule has 0 fully saturated rings. The highest BCUT2D eigenvalue weighted by Gasteiger charge is 2.08. The topological polar surface area (TPSA) is 17.1 Å². The zero-order chi connectivity index (χ0) is 8.69. The number of aldehydes is 1. The van der Waals surface area contributed by atoms with Crippen molar-refractivity contribution in [3.63, 3.8) is 0 Å². The van der Waals surface area contributed by atoms with Gasteiger partial charge in [0.15, 0.2) is 0 Å². The summed E-state index contributed by atoms with van der Waals surface area (Å²) in [5.41, 5.74) is 0. The average molecular weight is 156 g/mol. The Balaban J connectivity index is 3.52. The molecular formula is C10H20O. The lowest BCUT2D eigenvalue weighted by atomic mass is 9.90. The summed E-state index contributed by atoms with van der Waals surface area (Å²) in [6, 6.07) is 0. The van der Waals surface area contributed by atoms with Gasteiger partial charge < -0.3 is 4.79 Å². The first-order valence-electron chi connectivity index (χ1n) is 4.68. The lowest BCUT2D eigenvalue weighted by molar-refractivity contribution is -0.108. The van der Waals surface area contributed by atoms with Crippen molar-refractivity contribution >= 4 is 6.29 Å². The minimum absolute atomic E-state index is 0.581. The predicted octanol–water partition coefficient (Wildman–Crippen LogP) is 3.04. The number of carbonyl (C=O) groups is 1. The van der Waals surface area contributed by atoms with E-state index >= 15 is 0 Å². The fourth-order valence-corrected chi connectivity index (χ4v) is 1.45. The Morgan fingerprint density at radius 3 is 2.18 bits per heavy atom. The van der Waals surface area contributed by atoms with Crippen LogP contribution in [0.2, 0.25) is 0 Å². The molecule has 1 atom stereocenters. The molecule has 0 N–H and O–H groups in total. The van der Waals surface area contributed by atoms with Crippen molar-refractivity contribution in [3.05, 3.63) is 0 Å². The molecule has 0 aliphatic rings. The molecule has 0 amide bonds. The van der Waals surface area contributed by atoms with E-state index in [-0.39, 0.29) is 0 Å². The number of hydrogen-bond acceptors (Lipinski definition) is 1. The van der Waals surface area contributed by atoms with Gasteiger partial charge in [0.1, 0.15) is 6.29 Å². The molecule has 0 rings (SSSR count). The summed E-state index contributed by atoms with van der Waals surface area (Å²) in [6.07, 6.45) is 5.48. The van der Waals surface area contributed by atoms with Crippen LogP contribution in [0, 0.1) is 11.8 Å². The van der Waals surface area contributed by atoms with Gasteiger partial charge in [-0.3, -0.25) is 0 Å². The Bertz CT molecular complexity index is 95.0. The Labute approximate surface area is 70.2 Å². The molecule has 0 saturated heterocycles. The molecule has 1 nitrogen and oxygen atoms in total. The molecule has 11 heavy (non-hydrogen) atoms. The Hall–Kier alpha value is -0.330. The molecule has 0 heterocycles. The third-order valence-corrected chi connectivity index (χ3v) is 2.39. The molecule has 0 saturated carbocycles. The largest absolute Gasteiger partial charge is 0.303 e. The zero-order valence-electron chi connectivity index (χ0n) is 7.97. The van der Waals surface area contributed by atoms with Gasteiger partial charge >= 0.3 is 0 Å². The minimum atomic E-state index is 0.581. The van der Waals surface area contributed by atoms with Crippen LogP contribution in [0.4, 0.5) is 0 Å². The van der Waals surface area contributed by atoms with Gasteiger partial charge in [-0.25, -0.2) is 0 Å². The second kappa shape index (κ2) is 6.38. The highest BCUT2D eigenvalue weighted by atomic mass is 16.1. The predicted molar refractivity (Wildman–Crippen MR) is 48.5 cm³/mol. The van der Waals surface area contributed by atoms with Gasteiger partial charge in [-0.15, -0.1) is 0 Å². The van der Waals surface area contributed by atoms with Gasteiger partial charge in [-0.1, -0.05) is 33.6 Å². The van der Waals surface area contributed by atoms with Crippen LogP contribution in [0.3, 0.4) is 0 Å². The van der Waals surface area contributed by atoms with Crippen molar-refractivity contribution in [2.24, 2.45) is 11.8 Å². The summed E-state index contributed by atoms with van der Waals surface area (Å²) in [5.74, 6) is 1.40. The fraction of sp³-hybridized carbons (Fsp3) is 0.900. The third-order valence-electron chi connectivity index (χ3n) is 2.39. The lowest BCUT2D eigenvalue weighted by Crippen LogP contribution is -2.05. The molecule has 0 spiro atoms. The van der Waals surface area contributed by atoms with Crippen LogP contribution in [-0.4, -0.2) is 6.29 Å². The van der Waals surface area contributed by atoms with Gasteiger partial charge in [-0.2, -0.15) is 0 Å². The first-order valence-corrected chi connectivity index (χ1v) is 4.68. The first-order chi connectivity index (χ1) is 5.24. The van der Waals surface area contributed by atoms with E-state index in [4.69, 9.17) is 0 Å². The summed E-state index contributed by atoms with van der Waals surface area (Å²) in [4.78, 5) is 10.2. The Morgan fingerprint density at radius 2 is 1.82 bits per heavy atom. The second-order valence-electron chi connectivity index (χ2n) is 3.43. The van der Waals surface area contributed by atoms with Crippen LogP contribution < -0.4 is 0 Å². The van der Waals surface area contributed by atoms with E-state index in [1.165, 1.54) is 19.3 Å². The zero-order valence-corrected chi connectivity index (χ0v) is 7.97. The maximum atomic E-state index is 10.2. The maximum Gasteiger partial charge on any atom is 0.120 e. The molecule has 1 unspecified atom stereocenters. The van der Waals surface area contributed by atoms with Crippen LogP contribution in [-0.2, 0) is 4.79 Å². The number of carbonyl (C=O) groups excluding carboxylic acids is 1. The summed E-state index contributed by atoms with van der Waals surface area (Å²) in [5, 5.41) is 0. The quantitative estimate of drug-likeness (QED) is 0.540.